The molecule has 1 amide bonds. The van der Waals surface area contributed by atoms with Gasteiger partial charge in [0.05, 0.1) is 18.4 Å². The zero-order chi connectivity index (χ0) is 22.6. The second-order valence-corrected chi connectivity index (χ2v) is 8.40. The van der Waals surface area contributed by atoms with Crippen molar-refractivity contribution in [1.29, 1.82) is 0 Å². The highest BCUT2D eigenvalue weighted by atomic mass is 79.9. The fraction of sp³-hybridized carbons (Fsp3) is 0.0800. The Labute approximate surface area is 198 Å². The first kappa shape index (κ1) is 21.0. The number of rotatable bonds is 7. The summed E-state index contributed by atoms with van der Waals surface area (Å²) in [6, 6.07) is 23.7. The first-order chi connectivity index (χ1) is 16.1. The molecular weight excluding hydrogens is 482 g/mol. The molecule has 2 aromatic heterocycles. The van der Waals surface area contributed by atoms with E-state index in [1.54, 1.807) is 23.1 Å². The molecule has 0 spiro atoms. The Hall–Kier alpha value is -3.91. The van der Waals surface area contributed by atoms with E-state index in [1.807, 2.05) is 53.3 Å². The van der Waals surface area contributed by atoms with Crippen molar-refractivity contribution in [2.24, 2.45) is 0 Å². The van der Waals surface area contributed by atoms with Gasteiger partial charge in [0.15, 0.2) is 12.4 Å². The average Bonchev–Trinajstić information content (AvgIpc) is 3.49. The molecule has 3 aromatic carbocycles. The lowest BCUT2D eigenvalue weighted by molar-refractivity contribution is 0.102. The summed E-state index contributed by atoms with van der Waals surface area (Å²) in [6.07, 6.45) is 5.15. The SMILES string of the molecule is O=C(Nc1cnn(Cc2cccc3ccccc23)c1)c1ccn(COc2ccc(Br)cc2)n1. The van der Waals surface area contributed by atoms with E-state index in [0.29, 0.717) is 17.9 Å². The van der Waals surface area contributed by atoms with Crippen LogP contribution in [0.4, 0.5) is 5.69 Å². The quantitative estimate of drug-likeness (QED) is 0.327. The molecule has 0 atom stereocenters. The van der Waals surface area contributed by atoms with Crippen molar-refractivity contribution in [3.8, 4) is 5.75 Å². The third-order valence-electron chi connectivity index (χ3n) is 5.15. The van der Waals surface area contributed by atoms with Crippen LogP contribution in [0.25, 0.3) is 10.8 Å². The van der Waals surface area contributed by atoms with Crippen LogP contribution in [0.2, 0.25) is 0 Å². The van der Waals surface area contributed by atoms with Crippen molar-refractivity contribution in [2.45, 2.75) is 13.3 Å². The van der Waals surface area contributed by atoms with E-state index in [-0.39, 0.29) is 12.6 Å². The van der Waals surface area contributed by atoms with Crippen LogP contribution in [0.15, 0.2) is 95.9 Å². The van der Waals surface area contributed by atoms with Crippen LogP contribution in [0.1, 0.15) is 16.1 Å². The van der Waals surface area contributed by atoms with Gasteiger partial charge in [-0.3, -0.25) is 9.48 Å². The fourth-order valence-electron chi connectivity index (χ4n) is 3.54. The summed E-state index contributed by atoms with van der Waals surface area (Å²) in [5.74, 6) is 0.417. The summed E-state index contributed by atoms with van der Waals surface area (Å²) in [4.78, 5) is 12.6. The van der Waals surface area contributed by atoms with E-state index in [4.69, 9.17) is 4.74 Å². The lowest BCUT2D eigenvalue weighted by Crippen LogP contribution is -2.14. The van der Waals surface area contributed by atoms with Gasteiger partial charge in [-0.25, -0.2) is 4.68 Å². The van der Waals surface area contributed by atoms with Crippen molar-refractivity contribution in [3.05, 3.63) is 107 Å². The molecule has 2 heterocycles. The zero-order valence-corrected chi connectivity index (χ0v) is 19.1. The van der Waals surface area contributed by atoms with E-state index >= 15 is 0 Å². The molecule has 1 N–H and O–H groups in total. The Bertz CT molecular complexity index is 1400. The van der Waals surface area contributed by atoms with Crippen LogP contribution < -0.4 is 10.1 Å². The van der Waals surface area contributed by atoms with E-state index in [2.05, 4.69) is 55.7 Å². The average molecular weight is 502 g/mol. The second-order valence-electron chi connectivity index (χ2n) is 7.49. The minimum atomic E-state index is -0.304. The molecule has 164 valence electrons. The summed E-state index contributed by atoms with van der Waals surface area (Å²) in [5.41, 5.74) is 2.08. The molecule has 8 heteroatoms. The van der Waals surface area contributed by atoms with Crippen molar-refractivity contribution < 1.29 is 9.53 Å². The van der Waals surface area contributed by atoms with Gasteiger partial charge in [0.2, 0.25) is 0 Å². The first-order valence-corrected chi connectivity index (χ1v) is 11.2. The molecule has 0 fully saturated rings. The number of nitrogens with zero attached hydrogens (tertiary/aromatic N) is 4. The number of carbonyl (C=O) groups is 1. The van der Waals surface area contributed by atoms with Crippen molar-refractivity contribution in [3.63, 3.8) is 0 Å². The van der Waals surface area contributed by atoms with E-state index in [0.717, 1.165) is 10.2 Å². The Balaban J connectivity index is 1.21. The van der Waals surface area contributed by atoms with Gasteiger partial charge in [0.1, 0.15) is 5.75 Å². The number of hydrogen-bond donors (Lipinski definition) is 1. The monoisotopic (exact) mass is 501 g/mol. The first-order valence-electron chi connectivity index (χ1n) is 10.4. The van der Waals surface area contributed by atoms with Crippen LogP contribution in [-0.2, 0) is 13.3 Å². The number of nitrogens with one attached hydrogen (secondary N) is 1. The Kier molecular flexibility index (Phi) is 5.91. The highest BCUT2D eigenvalue weighted by Crippen LogP contribution is 2.20. The van der Waals surface area contributed by atoms with Crippen LogP contribution in [0.5, 0.6) is 5.75 Å². The van der Waals surface area contributed by atoms with Crippen LogP contribution in [0, 0.1) is 0 Å². The van der Waals surface area contributed by atoms with E-state index in [1.165, 1.54) is 16.3 Å². The molecule has 0 aliphatic heterocycles. The van der Waals surface area contributed by atoms with Crippen molar-refractivity contribution >= 4 is 38.3 Å². The predicted molar refractivity (Wildman–Crippen MR) is 130 cm³/mol. The number of benzene rings is 3. The largest absolute Gasteiger partial charge is 0.471 e. The number of fused-ring (bicyclic) bond motifs is 1. The molecule has 0 saturated carbocycles. The summed E-state index contributed by atoms with van der Waals surface area (Å²) in [5, 5.41) is 13.9. The van der Waals surface area contributed by atoms with Crippen molar-refractivity contribution in [2.75, 3.05) is 5.32 Å². The summed E-state index contributed by atoms with van der Waals surface area (Å²) >= 11 is 3.39. The maximum Gasteiger partial charge on any atom is 0.276 e. The third-order valence-corrected chi connectivity index (χ3v) is 5.68. The molecule has 0 radical (unpaired) electrons. The molecule has 0 aliphatic rings. The fourth-order valence-corrected chi connectivity index (χ4v) is 3.81. The smallest absolute Gasteiger partial charge is 0.276 e. The number of anilines is 1. The zero-order valence-electron chi connectivity index (χ0n) is 17.6. The standard InChI is InChI=1S/C25H20BrN5O2/c26-20-8-10-22(11-9-20)33-17-30-13-12-24(29-30)25(32)28-21-14-27-31(16-21)15-19-6-3-5-18-4-1-2-7-23(18)19/h1-14,16H,15,17H2,(H,28,32). The van der Waals surface area contributed by atoms with E-state index in [9.17, 15) is 4.79 Å². The number of amides is 1. The molecule has 33 heavy (non-hydrogen) atoms. The molecule has 0 saturated heterocycles. The van der Waals surface area contributed by atoms with Gasteiger partial charge in [-0.15, -0.1) is 0 Å². The highest BCUT2D eigenvalue weighted by molar-refractivity contribution is 9.10. The number of carbonyl (C=O) groups excluding carboxylic acids is 1. The molecule has 0 bridgehead atoms. The Morgan fingerprint density at radius 1 is 0.970 bits per heavy atom. The maximum absolute atomic E-state index is 12.6. The second kappa shape index (κ2) is 9.30. The lowest BCUT2D eigenvalue weighted by atomic mass is 10.0. The molecular formula is C25H20BrN5O2. The summed E-state index contributed by atoms with van der Waals surface area (Å²) < 4.78 is 10.0. The third kappa shape index (κ3) is 4.96. The van der Waals surface area contributed by atoms with Gasteiger partial charge in [-0.05, 0) is 46.7 Å². The summed E-state index contributed by atoms with van der Waals surface area (Å²) in [6.45, 7) is 0.817. The molecule has 0 unspecified atom stereocenters. The molecule has 0 aliphatic carbocycles. The topological polar surface area (TPSA) is 74.0 Å². The van der Waals surface area contributed by atoms with Gasteiger partial charge < -0.3 is 10.1 Å². The minimum Gasteiger partial charge on any atom is -0.471 e. The van der Waals surface area contributed by atoms with Gasteiger partial charge in [0, 0.05) is 16.9 Å². The number of ether oxygens (including phenoxy) is 1. The van der Waals surface area contributed by atoms with Crippen LogP contribution in [0.3, 0.4) is 0 Å². The van der Waals surface area contributed by atoms with Gasteiger partial charge in [0.25, 0.3) is 5.91 Å². The molecule has 5 rings (SSSR count). The van der Waals surface area contributed by atoms with Gasteiger partial charge in [-0.1, -0.05) is 58.4 Å². The molecule has 5 aromatic rings. The van der Waals surface area contributed by atoms with Crippen LogP contribution >= 0.6 is 15.9 Å². The highest BCUT2D eigenvalue weighted by Gasteiger charge is 2.12. The van der Waals surface area contributed by atoms with Gasteiger partial charge >= 0.3 is 0 Å². The number of aromatic nitrogens is 4. The number of halogens is 1. The van der Waals surface area contributed by atoms with Gasteiger partial charge in [-0.2, -0.15) is 10.2 Å². The Morgan fingerprint density at radius 2 is 1.79 bits per heavy atom. The van der Waals surface area contributed by atoms with E-state index < -0.39 is 0 Å². The molecule has 7 nitrogen and oxygen atoms in total. The predicted octanol–water partition coefficient (Wildman–Crippen LogP) is 5.33. The lowest BCUT2D eigenvalue weighted by Gasteiger charge is -2.06. The normalized spacial score (nSPS) is 10.9. The number of hydrogen-bond acceptors (Lipinski definition) is 4. The Morgan fingerprint density at radius 3 is 2.67 bits per heavy atom. The van der Waals surface area contributed by atoms with Crippen molar-refractivity contribution in [1.82, 2.24) is 19.6 Å². The van der Waals surface area contributed by atoms with Crippen LogP contribution in [-0.4, -0.2) is 25.5 Å². The minimum absolute atomic E-state index is 0.206. The maximum atomic E-state index is 12.6. The summed E-state index contributed by atoms with van der Waals surface area (Å²) in [7, 11) is 0.